The third-order valence-corrected chi connectivity index (χ3v) is 7.79. The summed E-state index contributed by atoms with van der Waals surface area (Å²) in [4.78, 5) is 34.4. The van der Waals surface area contributed by atoms with E-state index in [1.54, 1.807) is 36.0 Å². The monoisotopic (exact) mass is 513 g/mol. The molecule has 9 nitrogen and oxygen atoms in total. The van der Waals surface area contributed by atoms with Crippen LogP contribution in [0.5, 0.6) is 5.88 Å². The molecule has 37 heavy (non-hydrogen) atoms. The van der Waals surface area contributed by atoms with E-state index in [9.17, 15) is 19.8 Å². The first-order chi connectivity index (χ1) is 17.7. The second kappa shape index (κ2) is 11.8. The molecule has 1 saturated carbocycles. The summed E-state index contributed by atoms with van der Waals surface area (Å²) in [5.74, 6) is 5.75. The summed E-state index contributed by atoms with van der Waals surface area (Å²) in [6, 6.07) is 1.24. The lowest BCUT2D eigenvalue weighted by molar-refractivity contribution is -0.138. The Morgan fingerprint density at radius 2 is 2.03 bits per heavy atom. The normalized spacial score (nSPS) is 24.7. The summed E-state index contributed by atoms with van der Waals surface area (Å²) in [5.41, 5.74) is -0.213. The van der Waals surface area contributed by atoms with Crippen LogP contribution in [0.4, 0.5) is 0 Å². The van der Waals surface area contributed by atoms with E-state index in [1.165, 1.54) is 0 Å². The van der Waals surface area contributed by atoms with Crippen molar-refractivity contribution >= 4 is 11.8 Å². The van der Waals surface area contributed by atoms with E-state index in [4.69, 9.17) is 9.47 Å². The fourth-order valence-electron chi connectivity index (χ4n) is 5.28. The van der Waals surface area contributed by atoms with Crippen LogP contribution in [0, 0.1) is 23.7 Å². The Labute approximate surface area is 219 Å². The Bertz CT molecular complexity index is 1040. The standard InChI is InChI=1S/C28H39N3O6/c1-19-16-31(20(2)18-32)27(34)23-14-21(6-11-28(35)9-4-5-10-28)15-29-25(23)37-24(19)17-30(3)26(33)22-7-12-36-13-8-22/h14-15,19-20,22,24,32,35H,4-5,7-10,12-13,16-18H2,1-3H3. The molecule has 4 rings (SSSR count). The highest BCUT2D eigenvalue weighted by atomic mass is 16.5. The zero-order chi connectivity index (χ0) is 26.6. The van der Waals surface area contributed by atoms with Crippen molar-refractivity contribution in [2.45, 2.75) is 70.1 Å². The van der Waals surface area contributed by atoms with E-state index in [2.05, 4.69) is 16.8 Å². The molecule has 2 N–H and O–H groups in total. The number of aliphatic hydroxyl groups is 2. The van der Waals surface area contributed by atoms with E-state index in [-0.39, 0.29) is 41.7 Å². The highest BCUT2D eigenvalue weighted by molar-refractivity contribution is 5.97. The van der Waals surface area contributed by atoms with Crippen LogP contribution in [-0.4, -0.2) is 94.5 Å². The number of ether oxygens (including phenoxy) is 2. The lowest BCUT2D eigenvalue weighted by atomic mass is 9.97. The molecular weight excluding hydrogens is 474 g/mol. The molecule has 0 spiro atoms. The van der Waals surface area contributed by atoms with Gasteiger partial charge in [0.2, 0.25) is 11.8 Å². The molecule has 0 bridgehead atoms. The first-order valence-electron chi connectivity index (χ1n) is 13.4. The quantitative estimate of drug-likeness (QED) is 0.578. The maximum Gasteiger partial charge on any atom is 0.259 e. The molecule has 2 fully saturated rings. The van der Waals surface area contributed by atoms with Gasteiger partial charge < -0.3 is 29.5 Å². The van der Waals surface area contributed by atoms with E-state index in [0.717, 1.165) is 12.8 Å². The molecule has 3 atom stereocenters. The SMILES string of the molecule is CC1CN(C(C)CO)C(=O)c2cc(C#CC3(O)CCCC3)cnc2OC1CN(C)C(=O)C1CCOCC1. The van der Waals surface area contributed by atoms with Gasteiger partial charge in [0.1, 0.15) is 17.3 Å². The second-order valence-corrected chi connectivity index (χ2v) is 10.8. The summed E-state index contributed by atoms with van der Waals surface area (Å²) >= 11 is 0. The number of pyridine rings is 1. The first-order valence-corrected chi connectivity index (χ1v) is 13.4. The Balaban J connectivity index is 1.61. The molecule has 3 unspecified atom stereocenters. The van der Waals surface area contributed by atoms with Crippen LogP contribution < -0.4 is 4.74 Å². The molecule has 0 radical (unpaired) electrons. The second-order valence-electron chi connectivity index (χ2n) is 10.8. The van der Waals surface area contributed by atoms with Gasteiger partial charge in [0.15, 0.2) is 0 Å². The van der Waals surface area contributed by atoms with Gasteiger partial charge in [0.05, 0.1) is 19.2 Å². The molecule has 2 aliphatic heterocycles. The van der Waals surface area contributed by atoms with Gasteiger partial charge in [-0.05, 0) is 51.5 Å². The number of aliphatic hydroxyl groups excluding tert-OH is 1. The van der Waals surface area contributed by atoms with Gasteiger partial charge in [-0.2, -0.15) is 0 Å². The van der Waals surface area contributed by atoms with Crippen molar-refractivity contribution in [3.05, 3.63) is 23.4 Å². The van der Waals surface area contributed by atoms with Crippen LogP contribution in [0.2, 0.25) is 0 Å². The Morgan fingerprint density at radius 1 is 1.32 bits per heavy atom. The van der Waals surface area contributed by atoms with E-state index < -0.39 is 17.7 Å². The van der Waals surface area contributed by atoms with Gasteiger partial charge in [-0.15, -0.1) is 0 Å². The van der Waals surface area contributed by atoms with Gasteiger partial charge in [-0.1, -0.05) is 18.8 Å². The molecule has 1 aromatic rings. The predicted octanol–water partition coefficient (Wildman–Crippen LogP) is 1.84. The molecule has 2 amide bonds. The van der Waals surface area contributed by atoms with Crippen LogP contribution >= 0.6 is 0 Å². The maximum atomic E-state index is 13.6. The summed E-state index contributed by atoms with van der Waals surface area (Å²) in [7, 11) is 1.78. The smallest absolute Gasteiger partial charge is 0.259 e. The minimum Gasteiger partial charge on any atom is -0.472 e. The number of carbonyl (C=O) groups is 2. The molecule has 1 saturated heterocycles. The number of rotatable bonds is 5. The van der Waals surface area contributed by atoms with Gasteiger partial charge in [0, 0.05) is 50.4 Å². The van der Waals surface area contributed by atoms with Gasteiger partial charge in [0.25, 0.3) is 5.91 Å². The highest BCUT2D eigenvalue weighted by Gasteiger charge is 2.36. The summed E-state index contributed by atoms with van der Waals surface area (Å²) in [5, 5.41) is 20.5. The van der Waals surface area contributed by atoms with E-state index in [0.29, 0.717) is 57.6 Å². The third kappa shape index (κ3) is 6.43. The third-order valence-electron chi connectivity index (χ3n) is 7.79. The Kier molecular flexibility index (Phi) is 8.73. The minimum atomic E-state index is -0.996. The number of amides is 2. The van der Waals surface area contributed by atoms with Crippen LogP contribution in [0.15, 0.2) is 12.3 Å². The van der Waals surface area contributed by atoms with Gasteiger partial charge in [-0.3, -0.25) is 9.59 Å². The van der Waals surface area contributed by atoms with Crippen molar-refractivity contribution in [3.8, 4) is 17.7 Å². The lowest BCUT2D eigenvalue weighted by Gasteiger charge is -2.38. The average Bonchev–Trinajstić information content (AvgIpc) is 3.35. The number of hydrogen-bond acceptors (Lipinski definition) is 7. The van der Waals surface area contributed by atoms with Crippen LogP contribution in [0.3, 0.4) is 0 Å². The Hall–Kier alpha value is -2.67. The minimum absolute atomic E-state index is 0.0590. The maximum absolute atomic E-state index is 13.6. The van der Waals surface area contributed by atoms with Crippen molar-refractivity contribution in [2.75, 3.05) is 40.0 Å². The molecule has 202 valence electrons. The largest absolute Gasteiger partial charge is 0.472 e. The number of fused-ring (bicyclic) bond motifs is 1. The highest BCUT2D eigenvalue weighted by Crippen LogP contribution is 2.30. The molecule has 9 heteroatoms. The number of nitrogens with zero attached hydrogens (tertiary/aromatic N) is 3. The zero-order valence-corrected chi connectivity index (χ0v) is 22.1. The molecular formula is C28H39N3O6. The number of hydrogen-bond donors (Lipinski definition) is 2. The fraction of sp³-hybridized carbons (Fsp3) is 0.679. The predicted molar refractivity (Wildman–Crippen MR) is 137 cm³/mol. The van der Waals surface area contributed by atoms with Crippen molar-refractivity contribution in [2.24, 2.45) is 11.8 Å². The van der Waals surface area contributed by atoms with Crippen molar-refractivity contribution < 1.29 is 29.3 Å². The number of carbonyl (C=O) groups excluding carboxylic acids is 2. The van der Waals surface area contributed by atoms with Crippen molar-refractivity contribution in [1.82, 2.24) is 14.8 Å². The van der Waals surface area contributed by atoms with Crippen molar-refractivity contribution in [1.29, 1.82) is 0 Å². The summed E-state index contributed by atoms with van der Waals surface area (Å²) in [6.45, 7) is 5.50. The van der Waals surface area contributed by atoms with Crippen molar-refractivity contribution in [3.63, 3.8) is 0 Å². The molecule has 0 aromatic carbocycles. The fourth-order valence-corrected chi connectivity index (χ4v) is 5.28. The Morgan fingerprint density at radius 3 is 2.70 bits per heavy atom. The van der Waals surface area contributed by atoms with Gasteiger partial charge >= 0.3 is 0 Å². The van der Waals surface area contributed by atoms with E-state index in [1.807, 2.05) is 6.92 Å². The van der Waals surface area contributed by atoms with Crippen LogP contribution in [0.25, 0.3) is 0 Å². The first kappa shape index (κ1) is 27.4. The molecule has 1 aromatic heterocycles. The van der Waals surface area contributed by atoms with Gasteiger partial charge in [-0.25, -0.2) is 4.98 Å². The average molecular weight is 514 g/mol. The van der Waals surface area contributed by atoms with E-state index >= 15 is 0 Å². The topological polar surface area (TPSA) is 112 Å². The lowest BCUT2D eigenvalue weighted by Crippen LogP contribution is -2.51. The molecule has 3 heterocycles. The zero-order valence-electron chi connectivity index (χ0n) is 22.1. The number of aromatic nitrogens is 1. The van der Waals surface area contributed by atoms with Crippen LogP contribution in [-0.2, 0) is 9.53 Å². The molecule has 3 aliphatic rings. The molecule has 1 aliphatic carbocycles. The van der Waals surface area contributed by atoms with Crippen LogP contribution in [0.1, 0.15) is 68.3 Å². The number of likely N-dealkylation sites (N-methyl/N-ethyl adjacent to an activating group) is 1. The summed E-state index contributed by atoms with van der Waals surface area (Å²) < 4.78 is 11.7. The summed E-state index contributed by atoms with van der Waals surface area (Å²) in [6.07, 6.45) is 5.74.